The maximum Gasteiger partial charge on any atom is 0.136 e. The molecule has 2 atom stereocenters. The molecule has 0 aliphatic heterocycles. The lowest BCUT2D eigenvalue weighted by atomic mass is 10.1. The summed E-state index contributed by atoms with van der Waals surface area (Å²) in [5.41, 5.74) is 0. The third kappa shape index (κ3) is 4.11. The number of unbranched alkanes of at least 4 members (excludes halogenated alkanes) is 1. The molecule has 1 nitrogen and oxygen atoms in total. The highest BCUT2D eigenvalue weighted by Crippen LogP contribution is 2.50. The van der Waals surface area contributed by atoms with Gasteiger partial charge in [-0.15, -0.1) is 0 Å². The van der Waals surface area contributed by atoms with Crippen LogP contribution >= 0.6 is 0 Å². The van der Waals surface area contributed by atoms with Gasteiger partial charge in [-0.05, 0) is 29.8 Å². The number of carbonyl (C=O) groups excluding carboxylic acids is 1. The van der Waals surface area contributed by atoms with Gasteiger partial charge in [-0.3, -0.25) is 4.79 Å². The fourth-order valence-electron chi connectivity index (χ4n) is 4.82. The topological polar surface area (TPSA) is 17.1 Å². The van der Waals surface area contributed by atoms with Crippen LogP contribution < -0.4 is 10.4 Å². The summed E-state index contributed by atoms with van der Waals surface area (Å²) in [5.74, 6) is 1.40. The van der Waals surface area contributed by atoms with E-state index in [4.69, 9.17) is 0 Å². The van der Waals surface area contributed by atoms with Crippen LogP contribution in [0.1, 0.15) is 53.4 Å². The van der Waals surface area contributed by atoms with Crippen LogP contribution in [0.25, 0.3) is 0 Å². The van der Waals surface area contributed by atoms with Gasteiger partial charge in [0.25, 0.3) is 0 Å². The summed E-state index contributed by atoms with van der Waals surface area (Å²) >= 11 is 0. The third-order valence-electron chi connectivity index (χ3n) is 6.49. The molecule has 1 aliphatic rings. The Morgan fingerprint density at radius 3 is 1.93 bits per heavy atom. The molecule has 1 aliphatic carbocycles. The number of rotatable bonds is 8. The van der Waals surface area contributed by atoms with Gasteiger partial charge in [-0.1, -0.05) is 105 Å². The molecule has 0 heterocycles. The van der Waals surface area contributed by atoms with Crippen molar-refractivity contribution < 1.29 is 4.79 Å². The third-order valence-corrected chi connectivity index (χ3v) is 12.8. The lowest BCUT2D eigenvalue weighted by Gasteiger charge is -2.44. The van der Waals surface area contributed by atoms with Crippen LogP contribution in [0.15, 0.2) is 60.7 Å². The molecule has 3 rings (SSSR count). The van der Waals surface area contributed by atoms with E-state index in [1.165, 1.54) is 16.4 Å². The zero-order valence-electron chi connectivity index (χ0n) is 17.4. The molecule has 0 radical (unpaired) electrons. The maximum atomic E-state index is 12.6. The van der Waals surface area contributed by atoms with E-state index < -0.39 is 8.07 Å². The highest BCUT2D eigenvalue weighted by atomic mass is 28.3. The second-order valence-corrected chi connectivity index (χ2v) is 14.1. The molecule has 27 heavy (non-hydrogen) atoms. The van der Waals surface area contributed by atoms with Crippen molar-refractivity contribution >= 4 is 24.2 Å². The maximum absolute atomic E-state index is 12.6. The van der Waals surface area contributed by atoms with Gasteiger partial charge in [0.15, 0.2) is 0 Å². The van der Waals surface area contributed by atoms with Crippen LogP contribution in [0, 0.1) is 11.8 Å². The molecule has 0 N–H and O–H groups in total. The lowest BCUT2D eigenvalue weighted by molar-refractivity contribution is -0.120. The van der Waals surface area contributed by atoms with Gasteiger partial charge in [0, 0.05) is 12.3 Å². The Balaban J connectivity index is 1.98. The quantitative estimate of drug-likeness (QED) is 0.559. The fourth-order valence-corrected chi connectivity index (χ4v) is 10.7. The van der Waals surface area contributed by atoms with Crippen molar-refractivity contribution in [2.45, 2.75) is 64.5 Å². The predicted octanol–water partition coefficient (Wildman–Crippen LogP) is 5.45. The fraction of sp³-hybridized carbons (Fsp3) is 0.480. The smallest absolute Gasteiger partial charge is 0.136 e. The van der Waals surface area contributed by atoms with Crippen LogP contribution in [0.2, 0.25) is 11.1 Å². The van der Waals surface area contributed by atoms with Gasteiger partial charge in [0.2, 0.25) is 0 Å². The number of hydrogen-bond acceptors (Lipinski definition) is 1. The van der Waals surface area contributed by atoms with Crippen LogP contribution in [-0.4, -0.2) is 13.9 Å². The normalized spacial score (nSPS) is 19.7. The Morgan fingerprint density at radius 1 is 0.963 bits per heavy atom. The number of Topliss-reactive ketones (excluding diaryl/α,β-unsaturated/α-hetero) is 1. The van der Waals surface area contributed by atoms with Crippen molar-refractivity contribution in [2.75, 3.05) is 0 Å². The highest BCUT2D eigenvalue weighted by molar-refractivity contribution is 7.04. The monoisotopic (exact) mass is 378 g/mol. The van der Waals surface area contributed by atoms with E-state index in [-0.39, 0.29) is 5.04 Å². The summed E-state index contributed by atoms with van der Waals surface area (Å²) in [4.78, 5) is 12.6. The van der Waals surface area contributed by atoms with Crippen molar-refractivity contribution in [1.29, 1.82) is 0 Å². The van der Waals surface area contributed by atoms with Gasteiger partial charge in [0.1, 0.15) is 13.9 Å². The number of ketones is 1. The molecule has 0 unspecified atom stereocenters. The van der Waals surface area contributed by atoms with Crippen molar-refractivity contribution in [3.8, 4) is 0 Å². The molecule has 2 heteroatoms. The van der Waals surface area contributed by atoms with Gasteiger partial charge in [0.05, 0.1) is 0 Å². The molecule has 0 aromatic heterocycles. The first kappa shape index (κ1) is 20.1. The summed E-state index contributed by atoms with van der Waals surface area (Å²) in [5, 5.41) is 3.21. The molecule has 0 saturated heterocycles. The number of benzene rings is 2. The number of hydrogen-bond donors (Lipinski definition) is 0. The van der Waals surface area contributed by atoms with E-state index in [0.717, 1.165) is 25.7 Å². The van der Waals surface area contributed by atoms with E-state index in [1.807, 2.05) is 0 Å². The minimum atomic E-state index is -2.02. The molecular weight excluding hydrogens is 344 g/mol. The zero-order chi connectivity index (χ0) is 19.5. The van der Waals surface area contributed by atoms with Crippen LogP contribution in [-0.2, 0) is 4.79 Å². The highest BCUT2D eigenvalue weighted by Gasteiger charge is 2.54. The predicted molar refractivity (Wildman–Crippen MR) is 119 cm³/mol. The van der Waals surface area contributed by atoms with E-state index >= 15 is 0 Å². The Labute approximate surface area is 166 Å². The summed E-state index contributed by atoms with van der Waals surface area (Å²) < 4.78 is 0. The van der Waals surface area contributed by atoms with Crippen molar-refractivity contribution in [1.82, 2.24) is 0 Å². The standard InChI is InChI=1S/C25H34OSi/c1-5-6-17-24(26)23-18-20(23)19-27(25(2,3)4,21-13-9-7-10-14-21)22-15-11-8-12-16-22/h7-16,20,23H,5-6,17-19H2,1-4H3/t20-,23-/m1/s1. The van der Waals surface area contributed by atoms with E-state index in [0.29, 0.717) is 17.6 Å². The second-order valence-electron chi connectivity index (χ2n) is 9.26. The second kappa shape index (κ2) is 8.14. The van der Waals surface area contributed by atoms with E-state index in [1.54, 1.807) is 0 Å². The molecule has 0 bridgehead atoms. The minimum Gasteiger partial charge on any atom is -0.299 e. The summed E-state index contributed by atoms with van der Waals surface area (Å²) in [6, 6.07) is 23.5. The van der Waals surface area contributed by atoms with Gasteiger partial charge in [-0.2, -0.15) is 0 Å². The van der Waals surface area contributed by atoms with Crippen molar-refractivity contribution in [3.05, 3.63) is 60.7 Å². The summed E-state index contributed by atoms with van der Waals surface area (Å²) in [6.45, 7) is 9.40. The molecule has 2 aromatic rings. The van der Waals surface area contributed by atoms with Crippen LogP contribution in [0.4, 0.5) is 0 Å². The first-order valence-electron chi connectivity index (χ1n) is 10.5. The molecular formula is C25H34OSi. The van der Waals surface area contributed by atoms with Crippen LogP contribution in [0.3, 0.4) is 0 Å². The SMILES string of the molecule is CCCCC(=O)[C@@H]1C[C@@H]1C[Si](c1ccccc1)(c1ccccc1)C(C)(C)C. The van der Waals surface area contributed by atoms with Gasteiger partial charge in [-0.25, -0.2) is 0 Å². The molecule has 1 fully saturated rings. The first-order valence-corrected chi connectivity index (χ1v) is 12.7. The van der Waals surface area contributed by atoms with E-state index in [2.05, 4.69) is 88.4 Å². The number of carbonyl (C=O) groups is 1. The minimum absolute atomic E-state index is 0.190. The Morgan fingerprint density at radius 2 is 1.48 bits per heavy atom. The van der Waals surface area contributed by atoms with E-state index in [9.17, 15) is 4.79 Å². The first-order chi connectivity index (χ1) is 12.9. The van der Waals surface area contributed by atoms with Crippen LogP contribution in [0.5, 0.6) is 0 Å². The van der Waals surface area contributed by atoms with Gasteiger partial charge < -0.3 is 0 Å². The molecule has 2 aromatic carbocycles. The largest absolute Gasteiger partial charge is 0.299 e. The Kier molecular flexibility index (Phi) is 6.05. The lowest BCUT2D eigenvalue weighted by Crippen LogP contribution is -2.64. The Hall–Kier alpha value is -1.67. The zero-order valence-corrected chi connectivity index (χ0v) is 18.4. The van der Waals surface area contributed by atoms with Gasteiger partial charge >= 0.3 is 0 Å². The molecule has 144 valence electrons. The molecule has 0 spiro atoms. The van der Waals surface area contributed by atoms with Crippen molar-refractivity contribution in [3.63, 3.8) is 0 Å². The summed E-state index contributed by atoms with van der Waals surface area (Å²) in [7, 11) is -2.02. The molecule has 1 saturated carbocycles. The van der Waals surface area contributed by atoms with Crippen molar-refractivity contribution in [2.24, 2.45) is 11.8 Å². The molecule has 0 amide bonds. The summed E-state index contributed by atoms with van der Waals surface area (Å²) in [6.07, 6.45) is 4.03. The average molecular weight is 379 g/mol. The average Bonchev–Trinajstić information content (AvgIpc) is 3.44. The Bertz CT molecular complexity index is 705.